The van der Waals surface area contributed by atoms with Crippen molar-refractivity contribution in [3.8, 4) is 0 Å². The summed E-state index contributed by atoms with van der Waals surface area (Å²) in [6, 6.07) is 6.50. The number of nitro benzene ring substituents is 1. The number of nitro groups is 1. The van der Waals surface area contributed by atoms with Crippen LogP contribution >= 0.6 is 0 Å². The van der Waals surface area contributed by atoms with E-state index in [-0.39, 0.29) is 5.69 Å². The Balaban J connectivity index is 2.56. The van der Waals surface area contributed by atoms with E-state index in [1.165, 1.54) is 6.07 Å². The molecule has 0 saturated carbocycles. The smallest absolute Gasteiger partial charge is 0.315 e. The number of benzene rings is 1. The molecule has 25 heavy (non-hydrogen) atoms. The van der Waals surface area contributed by atoms with Gasteiger partial charge in [0.05, 0.1) is 17.2 Å². The van der Waals surface area contributed by atoms with Crippen molar-refractivity contribution in [1.29, 1.82) is 0 Å². The summed E-state index contributed by atoms with van der Waals surface area (Å²) in [5.41, 5.74) is 1.72. The average Bonchev–Trinajstić information content (AvgIpc) is 2.64. The van der Waals surface area contributed by atoms with Crippen molar-refractivity contribution in [3.63, 3.8) is 0 Å². The topological polar surface area (TPSA) is 94.2 Å². The molecular formula is C18H23N3O4. The molecule has 2 unspecified atom stereocenters. The third-order valence-corrected chi connectivity index (χ3v) is 4.25. The van der Waals surface area contributed by atoms with Crippen LogP contribution in [0.3, 0.4) is 0 Å². The van der Waals surface area contributed by atoms with Crippen LogP contribution in [0.5, 0.6) is 0 Å². The third kappa shape index (κ3) is 3.92. The summed E-state index contributed by atoms with van der Waals surface area (Å²) in [6.45, 7) is 6.03. The lowest BCUT2D eigenvalue weighted by atomic mass is 9.77. The highest BCUT2D eigenvalue weighted by atomic mass is 16.6. The van der Waals surface area contributed by atoms with Crippen molar-refractivity contribution in [2.75, 3.05) is 6.61 Å². The highest BCUT2D eigenvalue weighted by molar-refractivity contribution is 6.11. The van der Waals surface area contributed by atoms with Crippen molar-refractivity contribution < 1.29 is 14.5 Å². The van der Waals surface area contributed by atoms with Crippen molar-refractivity contribution in [2.45, 2.75) is 46.0 Å². The zero-order valence-electron chi connectivity index (χ0n) is 14.8. The van der Waals surface area contributed by atoms with Crippen molar-refractivity contribution in [3.05, 3.63) is 39.9 Å². The van der Waals surface area contributed by atoms with Gasteiger partial charge in [-0.05, 0) is 19.3 Å². The molecule has 1 aromatic rings. The third-order valence-electron chi connectivity index (χ3n) is 4.25. The largest absolute Gasteiger partial charge is 0.465 e. The standard InChI is InChI=1S/C18H23N3O4/c1-4-11-25-18(22)17-14(6-3)20-19-13(5-2)16(17)12-9-7-8-10-15(12)21(23)24/h7-10,16-17H,4-6,11H2,1-3H3. The van der Waals surface area contributed by atoms with Crippen molar-refractivity contribution in [1.82, 2.24) is 0 Å². The molecule has 7 heteroatoms. The van der Waals surface area contributed by atoms with Crippen molar-refractivity contribution in [2.24, 2.45) is 16.1 Å². The van der Waals surface area contributed by atoms with Crippen LogP contribution in [-0.2, 0) is 9.53 Å². The second kappa shape index (κ2) is 8.50. The van der Waals surface area contributed by atoms with Gasteiger partial charge in [-0.15, -0.1) is 0 Å². The van der Waals surface area contributed by atoms with E-state index < -0.39 is 22.7 Å². The Morgan fingerprint density at radius 3 is 2.40 bits per heavy atom. The molecule has 1 aromatic carbocycles. The molecule has 1 heterocycles. The van der Waals surface area contributed by atoms with Gasteiger partial charge in [-0.25, -0.2) is 0 Å². The van der Waals surface area contributed by atoms with E-state index in [1.807, 2.05) is 20.8 Å². The van der Waals surface area contributed by atoms with Crippen LogP contribution in [0.2, 0.25) is 0 Å². The Morgan fingerprint density at radius 1 is 1.16 bits per heavy atom. The number of rotatable bonds is 7. The number of para-hydroxylation sites is 1. The lowest BCUT2D eigenvalue weighted by molar-refractivity contribution is -0.385. The second-order valence-corrected chi connectivity index (χ2v) is 5.83. The van der Waals surface area contributed by atoms with Crippen LogP contribution in [0.1, 0.15) is 51.5 Å². The molecule has 2 atom stereocenters. The first kappa shape index (κ1) is 18.8. The van der Waals surface area contributed by atoms with Crippen molar-refractivity contribution >= 4 is 23.1 Å². The van der Waals surface area contributed by atoms with E-state index in [2.05, 4.69) is 10.2 Å². The minimum atomic E-state index is -0.676. The molecule has 7 nitrogen and oxygen atoms in total. The molecule has 0 radical (unpaired) electrons. The summed E-state index contributed by atoms with van der Waals surface area (Å²) in [6.07, 6.45) is 1.79. The van der Waals surface area contributed by atoms with Gasteiger partial charge in [-0.2, -0.15) is 10.2 Å². The molecule has 0 N–H and O–H groups in total. The normalized spacial score (nSPS) is 19.8. The molecular weight excluding hydrogens is 322 g/mol. The fraction of sp³-hybridized carbons (Fsp3) is 0.500. The minimum absolute atomic E-state index is 0.0145. The molecule has 0 aliphatic carbocycles. The second-order valence-electron chi connectivity index (χ2n) is 5.83. The van der Waals surface area contributed by atoms with Gasteiger partial charge in [-0.1, -0.05) is 39.0 Å². The van der Waals surface area contributed by atoms with Gasteiger partial charge in [0.25, 0.3) is 5.69 Å². The number of ether oxygens (including phenoxy) is 1. The predicted molar refractivity (Wildman–Crippen MR) is 96.0 cm³/mol. The quantitative estimate of drug-likeness (QED) is 0.426. The van der Waals surface area contributed by atoms with Crippen LogP contribution in [0.25, 0.3) is 0 Å². The Labute approximate surface area is 146 Å². The summed E-state index contributed by atoms with van der Waals surface area (Å²) < 4.78 is 5.36. The number of nitrogens with zero attached hydrogens (tertiary/aromatic N) is 3. The molecule has 2 rings (SSSR count). The van der Waals surface area contributed by atoms with E-state index in [4.69, 9.17) is 4.74 Å². The summed E-state index contributed by atoms with van der Waals surface area (Å²) in [7, 11) is 0. The predicted octanol–water partition coefficient (Wildman–Crippen LogP) is 3.88. The van der Waals surface area contributed by atoms with Gasteiger partial charge in [0, 0.05) is 23.3 Å². The number of carbonyl (C=O) groups excluding carboxylic acids is 1. The van der Waals surface area contributed by atoms with Crippen LogP contribution in [-0.4, -0.2) is 28.9 Å². The van der Waals surface area contributed by atoms with E-state index in [9.17, 15) is 14.9 Å². The first-order chi connectivity index (χ1) is 12.0. The maximum atomic E-state index is 12.7. The van der Waals surface area contributed by atoms with Crippen LogP contribution in [0.4, 0.5) is 5.69 Å². The Kier molecular flexibility index (Phi) is 6.38. The van der Waals surface area contributed by atoms with Gasteiger partial charge in [0.2, 0.25) is 0 Å². The zero-order valence-corrected chi connectivity index (χ0v) is 14.8. The average molecular weight is 345 g/mol. The summed E-state index contributed by atoms with van der Waals surface area (Å²) in [5.74, 6) is -1.60. The molecule has 0 aromatic heterocycles. The number of carbonyl (C=O) groups is 1. The van der Waals surface area contributed by atoms with E-state index in [0.717, 1.165) is 0 Å². The fourth-order valence-electron chi connectivity index (χ4n) is 3.06. The first-order valence-corrected chi connectivity index (χ1v) is 8.58. The molecule has 0 saturated heterocycles. The highest BCUT2D eigenvalue weighted by Crippen LogP contribution is 2.38. The lowest BCUT2D eigenvalue weighted by Crippen LogP contribution is -2.38. The van der Waals surface area contributed by atoms with Crippen LogP contribution in [0.15, 0.2) is 34.5 Å². The maximum Gasteiger partial charge on any atom is 0.315 e. The molecule has 0 bridgehead atoms. The van der Waals surface area contributed by atoms with Gasteiger partial charge in [-0.3, -0.25) is 14.9 Å². The van der Waals surface area contributed by atoms with Gasteiger partial charge in [0.1, 0.15) is 5.92 Å². The Morgan fingerprint density at radius 2 is 1.80 bits per heavy atom. The summed E-state index contributed by atoms with van der Waals surface area (Å²) >= 11 is 0. The maximum absolute atomic E-state index is 12.7. The summed E-state index contributed by atoms with van der Waals surface area (Å²) in [5, 5.41) is 19.9. The lowest BCUT2D eigenvalue weighted by Gasteiger charge is -2.29. The molecule has 0 spiro atoms. The molecule has 134 valence electrons. The number of hydrogen-bond donors (Lipinski definition) is 0. The van der Waals surface area contributed by atoms with E-state index >= 15 is 0 Å². The molecule has 0 amide bonds. The summed E-state index contributed by atoms with van der Waals surface area (Å²) in [4.78, 5) is 23.8. The van der Waals surface area contributed by atoms with E-state index in [0.29, 0.717) is 42.9 Å². The monoisotopic (exact) mass is 345 g/mol. The number of esters is 1. The first-order valence-electron chi connectivity index (χ1n) is 8.58. The van der Waals surface area contributed by atoms with Crippen LogP contribution in [0, 0.1) is 16.0 Å². The van der Waals surface area contributed by atoms with Gasteiger partial charge >= 0.3 is 5.97 Å². The van der Waals surface area contributed by atoms with E-state index in [1.54, 1.807) is 18.2 Å². The molecule has 0 fully saturated rings. The molecule has 1 aliphatic rings. The molecule has 1 aliphatic heterocycles. The fourth-order valence-corrected chi connectivity index (χ4v) is 3.06. The zero-order chi connectivity index (χ0) is 18.4. The Hall–Kier alpha value is -2.57. The minimum Gasteiger partial charge on any atom is -0.465 e. The SMILES string of the molecule is CCCOC(=O)C1C(CC)=NN=C(CC)C1c1ccccc1[N+](=O)[O-]. The van der Waals surface area contributed by atoms with Gasteiger partial charge < -0.3 is 4.74 Å². The van der Waals surface area contributed by atoms with Gasteiger partial charge in [0.15, 0.2) is 0 Å². The van der Waals surface area contributed by atoms with Crippen LogP contribution < -0.4 is 0 Å². The highest BCUT2D eigenvalue weighted by Gasteiger charge is 2.42. The Bertz CT molecular complexity index is 712. The number of hydrogen-bond acceptors (Lipinski definition) is 6.